The van der Waals surface area contributed by atoms with Gasteiger partial charge in [0.15, 0.2) is 0 Å². The number of benzene rings is 5. The Kier molecular flexibility index (Phi) is 14.9. The van der Waals surface area contributed by atoms with Crippen molar-refractivity contribution in [2.45, 2.75) is 72.8 Å². The molecule has 0 aliphatic rings. The van der Waals surface area contributed by atoms with Gasteiger partial charge in [0.05, 0.1) is 0 Å². The van der Waals surface area contributed by atoms with Gasteiger partial charge in [0.25, 0.3) is 0 Å². The third-order valence-electron chi connectivity index (χ3n) is 9.98. The van der Waals surface area contributed by atoms with Crippen LogP contribution in [0.4, 0.5) is 0 Å². The van der Waals surface area contributed by atoms with Crippen molar-refractivity contribution in [2.75, 3.05) is 0 Å². The summed E-state index contributed by atoms with van der Waals surface area (Å²) in [6.45, 7) is 18.7. The number of hydrogen-bond acceptors (Lipinski definition) is 0. The van der Waals surface area contributed by atoms with Crippen LogP contribution in [0.1, 0.15) is 64.5 Å². The molecule has 0 N–H and O–H groups in total. The smallest absolute Gasteiger partial charge is 0.343 e. The van der Waals surface area contributed by atoms with Crippen LogP contribution in [0.5, 0.6) is 0 Å². The summed E-state index contributed by atoms with van der Waals surface area (Å²) in [5, 5.41) is 10.2. The Hall–Kier alpha value is -3.88. The van der Waals surface area contributed by atoms with E-state index in [-0.39, 0.29) is 18.6 Å². The molecular weight excluding hydrogens is 668 g/mol. The van der Waals surface area contributed by atoms with Crippen molar-refractivity contribution in [1.29, 1.82) is 0 Å². The Labute approximate surface area is 321 Å². The second kappa shape index (κ2) is 19.1. The van der Waals surface area contributed by atoms with Gasteiger partial charge in [-0.1, -0.05) is 167 Å². The van der Waals surface area contributed by atoms with Crippen molar-refractivity contribution in [1.82, 2.24) is 0 Å². The van der Waals surface area contributed by atoms with E-state index in [9.17, 15) is 0 Å². The monoisotopic (exact) mass is 721 g/mol. The standard InChI is InChI=1S/C41H36Si.2C4H9.V/c1-4-29-27-33-21-15-25-36(31-17-9-6-10-18-31)38(33)40(29)42(3,35-23-13-8-14-24-35)41-30(5-2)28-34-22-16-26-37(39(34)41)32-19-11-7-12-20-32;2*1-3-4-2;/h6-28H,4-5H2,1-3H3;2*1,3-4H2,2H3;/q-2;2*-1;+4. The molecule has 0 fully saturated rings. The molecule has 0 spiro atoms. The van der Waals surface area contributed by atoms with Gasteiger partial charge < -0.3 is 13.8 Å². The van der Waals surface area contributed by atoms with Gasteiger partial charge in [-0.25, -0.2) is 0 Å². The Morgan fingerprint density at radius 1 is 0.490 bits per heavy atom. The first-order valence-corrected chi connectivity index (χ1v) is 21.2. The van der Waals surface area contributed by atoms with Crippen molar-refractivity contribution in [3.8, 4) is 22.3 Å². The molecule has 51 heavy (non-hydrogen) atoms. The number of fused-ring (bicyclic) bond motifs is 2. The molecule has 0 heterocycles. The van der Waals surface area contributed by atoms with E-state index in [1.807, 2.05) is 0 Å². The molecule has 7 aromatic carbocycles. The van der Waals surface area contributed by atoms with Crippen LogP contribution in [-0.4, -0.2) is 8.07 Å². The SMILES string of the molecule is CCc1[cH-]c2cccc(-c3ccccc3)c2c1[Si](C)(c1ccccc1)c1c(CC)[cH-]c2cccc(-c3ccccc3)c12.[CH2-]CCC.[CH2-]CCC.[V+4]. The van der Waals surface area contributed by atoms with Crippen LogP contribution in [0, 0.1) is 13.8 Å². The van der Waals surface area contributed by atoms with Crippen LogP contribution in [0.2, 0.25) is 6.55 Å². The molecule has 0 aliphatic carbocycles. The molecule has 0 bridgehead atoms. The quantitative estimate of drug-likeness (QED) is 0.103. The minimum Gasteiger partial charge on any atom is -0.343 e. The van der Waals surface area contributed by atoms with Crippen molar-refractivity contribution >= 4 is 45.2 Å². The van der Waals surface area contributed by atoms with Gasteiger partial charge in [0, 0.05) is 8.07 Å². The second-order valence-electron chi connectivity index (χ2n) is 13.3. The van der Waals surface area contributed by atoms with E-state index in [2.05, 4.69) is 188 Å². The van der Waals surface area contributed by atoms with Crippen molar-refractivity contribution < 1.29 is 18.6 Å². The Morgan fingerprint density at radius 2 is 0.843 bits per heavy atom. The molecule has 0 aliphatic heterocycles. The third kappa shape index (κ3) is 8.28. The molecule has 0 aromatic heterocycles. The molecule has 0 saturated heterocycles. The van der Waals surface area contributed by atoms with Crippen molar-refractivity contribution in [3.63, 3.8) is 0 Å². The zero-order valence-electron chi connectivity index (χ0n) is 31.4. The van der Waals surface area contributed by atoms with Crippen LogP contribution in [-0.2, 0) is 31.4 Å². The van der Waals surface area contributed by atoms with Gasteiger partial charge in [-0.15, -0.1) is 69.1 Å². The van der Waals surface area contributed by atoms with Gasteiger partial charge in [-0.3, -0.25) is 0 Å². The molecule has 7 rings (SSSR count). The number of aryl methyl sites for hydroxylation is 2. The van der Waals surface area contributed by atoms with E-state index >= 15 is 0 Å². The molecule has 0 amide bonds. The Morgan fingerprint density at radius 3 is 1.18 bits per heavy atom. The summed E-state index contributed by atoms with van der Waals surface area (Å²) in [4.78, 5) is 0. The number of unbranched alkanes of at least 4 members (excludes halogenated alkanes) is 2. The summed E-state index contributed by atoms with van der Waals surface area (Å²) in [6, 6.07) is 52.1. The van der Waals surface area contributed by atoms with Crippen LogP contribution in [0.3, 0.4) is 0 Å². The largest absolute Gasteiger partial charge is 4.00 e. The van der Waals surface area contributed by atoms with E-state index in [1.54, 1.807) is 10.4 Å². The van der Waals surface area contributed by atoms with E-state index in [4.69, 9.17) is 0 Å². The van der Waals surface area contributed by atoms with Crippen LogP contribution in [0.25, 0.3) is 43.8 Å². The Bertz CT molecular complexity index is 1930. The van der Waals surface area contributed by atoms with Gasteiger partial charge >= 0.3 is 18.6 Å². The molecular formula is C49H54SiV. The third-order valence-corrected chi connectivity index (χ3v) is 14.6. The van der Waals surface area contributed by atoms with Gasteiger partial charge in [-0.2, -0.15) is 23.2 Å². The van der Waals surface area contributed by atoms with Crippen molar-refractivity contribution in [3.05, 3.63) is 165 Å². The fraction of sp³-hybridized carbons (Fsp3) is 0.224. The van der Waals surface area contributed by atoms with E-state index < -0.39 is 8.07 Å². The number of rotatable bonds is 9. The fourth-order valence-electron chi connectivity index (χ4n) is 7.38. The average molecular weight is 722 g/mol. The molecule has 0 unspecified atom stereocenters. The summed E-state index contributed by atoms with van der Waals surface area (Å²) in [5.74, 6) is 0. The maximum absolute atomic E-state index is 3.60. The summed E-state index contributed by atoms with van der Waals surface area (Å²) in [7, 11) is -2.56. The summed E-state index contributed by atoms with van der Waals surface area (Å²) in [5.41, 5.74) is 8.23. The number of hydrogen-bond donors (Lipinski definition) is 0. The summed E-state index contributed by atoms with van der Waals surface area (Å²) < 4.78 is 0. The van der Waals surface area contributed by atoms with Crippen LogP contribution in [0.15, 0.2) is 140 Å². The van der Waals surface area contributed by atoms with Crippen molar-refractivity contribution in [2.24, 2.45) is 0 Å². The first-order valence-electron chi connectivity index (χ1n) is 18.7. The molecule has 259 valence electrons. The first-order chi connectivity index (χ1) is 24.5. The van der Waals surface area contributed by atoms with Crippen LogP contribution >= 0.6 is 0 Å². The second-order valence-corrected chi connectivity index (χ2v) is 17.1. The van der Waals surface area contributed by atoms with E-state index in [0.717, 1.165) is 25.7 Å². The first kappa shape index (κ1) is 39.9. The minimum atomic E-state index is -2.56. The maximum atomic E-state index is 3.60. The fourth-order valence-corrected chi connectivity index (χ4v) is 12.4. The van der Waals surface area contributed by atoms with E-state index in [1.165, 1.54) is 73.0 Å². The van der Waals surface area contributed by atoms with Gasteiger partial charge in [-0.05, 0) is 24.0 Å². The molecule has 0 nitrogen and oxygen atoms in total. The van der Waals surface area contributed by atoms with Gasteiger partial charge in [0.2, 0.25) is 0 Å². The van der Waals surface area contributed by atoms with Gasteiger partial charge in [0.1, 0.15) is 0 Å². The minimum absolute atomic E-state index is 0. The zero-order valence-corrected chi connectivity index (χ0v) is 33.8. The molecule has 2 heteroatoms. The molecule has 0 atom stereocenters. The zero-order chi connectivity index (χ0) is 35.5. The molecule has 0 saturated carbocycles. The topological polar surface area (TPSA) is 0 Å². The molecule has 7 aromatic rings. The average Bonchev–Trinajstić information content (AvgIpc) is 3.78. The Balaban J connectivity index is 0.000000590. The predicted octanol–water partition coefficient (Wildman–Crippen LogP) is 12.2. The van der Waals surface area contributed by atoms with Crippen LogP contribution < -0.4 is 15.6 Å². The normalized spacial score (nSPS) is 11.0. The summed E-state index contributed by atoms with van der Waals surface area (Å²) in [6.07, 6.45) is 6.58. The summed E-state index contributed by atoms with van der Waals surface area (Å²) >= 11 is 0. The van der Waals surface area contributed by atoms with E-state index in [0.29, 0.717) is 0 Å². The predicted molar refractivity (Wildman–Crippen MR) is 226 cm³/mol. The molecule has 1 radical (unpaired) electrons. The maximum Gasteiger partial charge on any atom is 4.00 e.